The summed E-state index contributed by atoms with van der Waals surface area (Å²) in [6, 6.07) is 0.734. The van der Waals surface area contributed by atoms with E-state index >= 15 is 0 Å². The van der Waals surface area contributed by atoms with Gasteiger partial charge < -0.3 is 10.2 Å². The van der Waals surface area contributed by atoms with E-state index < -0.39 is 0 Å². The van der Waals surface area contributed by atoms with Crippen molar-refractivity contribution in [2.75, 3.05) is 19.6 Å². The molecule has 112 valence electrons. The lowest BCUT2D eigenvalue weighted by Crippen LogP contribution is -2.26. The van der Waals surface area contributed by atoms with Gasteiger partial charge in [-0.05, 0) is 37.6 Å². The number of aromatic nitrogens is 3. The molecule has 2 heterocycles. The lowest BCUT2D eigenvalue weighted by atomic mass is 9.95. The summed E-state index contributed by atoms with van der Waals surface area (Å²) in [4.78, 5) is 2.56. The molecule has 0 amide bonds. The largest absolute Gasteiger partial charge is 0.308 e. The van der Waals surface area contributed by atoms with Crippen LogP contribution in [0.2, 0.25) is 0 Å². The number of likely N-dealkylation sites (tertiary alicyclic amines) is 1. The maximum absolute atomic E-state index is 4.24. The van der Waals surface area contributed by atoms with Crippen LogP contribution in [0.1, 0.15) is 38.8 Å². The molecule has 5 heteroatoms. The fourth-order valence-electron chi connectivity index (χ4n) is 2.92. The van der Waals surface area contributed by atoms with Crippen molar-refractivity contribution in [3.8, 4) is 0 Å². The van der Waals surface area contributed by atoms with Crippen LogP contribution >= 0.6 is 0 Å². The normalized spacial score (nSPS) is 23.9. The average molecular weight is 277 g/mol. The molecule has 1 saturated carbocycles. The third-order valence-electron chi connectivity index (χ3n) is 4.63. The average Bonchev–Trinajstić information content (AvgIpc) is 2.96. The molecule has 0 radical (unpaired) electrons. The second kappa shape index (κ2) is 6.22. The van der Waals surface area contributed by atoms with Gasteiger partial charge in [-0.2, -0.15) is 0 Å². The van der Waals surface area contributed by atoms with Crippen molar-refractivity contribution in [3.63, 3.8) is 0 Å². The van der Waals surface area contributed by atoms with Gasteiger partial charge in [-0.1, -0.05) is 19.1 Å². The van der Waals surface area contributed by atoms with Crippen molar-refractivity contribution in [3.05, 3.63) is 11.9 Å². The van der Waals surface area contributed by atoms with Gasteiger partial charge >= 0.3 is 0 Å². The maximum Gasteiger partial charge on any atom is 0.0964 e. The molecule has 1 saturated heterocycles. The van der Waals surface area contributed by atoms with Crippen molar-refractivity contribution in [1.82, 2.24) is 25.2 Å². The topological polar surface area (TPSA) is 46.0 Å². The molecular weight excluding hydrogens is 250 g/mol. The minimum absolute atomic E-state index is 0.734. The van der Waals surface area contributed by atoms with Crippen LogP contribution in [0.25, 0.3) is 0 Å². The zero-order valence-electron chi connectivity index (χ0n) is 12.8. The first-order valence-electron chi connectivity index (χ1n) is 8.05. The van der Waals surface area contributed by atoms with Crippen molar-refractivity contribution in [1.29, 1.82) is 0 Å². The summed E-state index contributed by atoms with van der Waals surface area (Å²) in [6.45, 7) is 10.1. The van der Waals surface area contributed by atoms with E-state index in [1.165, 1.54) is 32.4 Å². The Morgan fingerprint density at radius 1 is 1.30 bits per heavy atom. The summed E-state index contributed by atoms with van der Waals surface area (Å²) in [5.74, 6) is 1.69. The number of nitrogens with one attached hydrogen (secondary N) is 1. The molecule has 1 aliphatic carbocycles. The second-order valence-corrected chi connectivity index (χ2v) is 6.72. The zero-order chi connectivity index (χ0) is 13.9. The van der Waals surface area contributed by atoms with E-state index in [1.807, 2.05) is 4.68 Å². The molecule has 1 atom stereocenters. The van der Waals surface area contributed by atoms with Gasteiger partial charge in [-0.3, -0.25) is 4.68 Å². The fraction of sp³-hybridized carbons (Fsp3) is 0.867. The number of nitrogens with zero attached hydrogens (tertiary/aromatic N) is 4. The Morgan fingerprint density at radius 2 is 2.15 bits per heavy atom. The lowest BCUT2D eigenvalue weighted by molar-refractivity contribution is 0.286. The molecule has 0 bridgehead atoms. The summed E-state index contributed by atoms with van der Waals surface area (Å²) in [6.07, 6.45) is 6.08. The van der Waals surface area contributed by atoms with Gasteiger partial charge in [-0.15, -0.1) is 5.10 Å². The Labute approximate surface area is 121 Å². The van der Waals surface area contributed by atoms with Gasteiger partial charge in [0.2, 0.25) is 0 Å². The van der Waals surface area contributed by atoms with Crippen LogP contribution in [0.3, 0.4) is 0 Å². The number of hydrogen-bond acceptors (Lipinski definition) is 4. The Morgan fingerprint density at radius 3 is 2.85 bits per heavy atom. The van der Waals surface area contributed by atoms with Gasteiger partial charge in [0, 0.05) is 31.9 Å². The molecule has 0 aromatic carbocycles. The highest BCUT2D eigenvalue weighted by Crippen LogP contribution is 2.23. The predicted molar refractivity (Wildman–Crippen MR) is 79.3 cm³/mol. The lowest BCUT2D eigenvalue weighted by Gasteiger charge is -2.17. The molecule has 2 fully saturated rings. The zero-order valence-corrected chi connectivity index (χ0v) is 12.8. The van der Waals surface area contributed by atoms with E-state index in [-0.39, 0.29) is 0 Å². The van der Waals surface area contributed by atoms with Crippen LogP contribution in [0.5, 0.6) is 0 Å². The smallest absolute Gasteiger partial charge is 0.0964 e. The van der Waals surface area contributed by atoms with Gasteiger partial charge in [-0.25, -0.2) is 0 Å². The Kier molecular flexibility index (Phi) is 4.36. The van der Waals surface area contributed by atoms with E-state index in [2.05, 4.69) is 40.6 Å². The molecular formula is C15H27N5. The first-order chi connectivity index (χ1) is 9.70. The molecule has 1 aliphatic heterocycles. The molecule has 1 N–H and O–H groups in total. The minimum atomic E-state index is 0.734. The summed E-state index contributed by atoms with van der Waals surface area (Å²) < 4.78 is 1.99. The molecule has 20 heavy (non-hydrogen) atoms. The summed E-state index contributed by atoms with van der Waals surface area (Å²) in [5, 5.41) is 11.9. The van der Waals surface area contributed by atoms with Crippen LogP contribution in [0.15, 0.2) is 6.20 Å². The van der Waals surface area contributed by atoms with Gasteiger partial charge in [0.05, 0.1) is 12.2 Å². The number of hydrogen-bond donors (Lipinski definition) is 1. The molecule has 1 aromatic heterocycles. The summed E-state index contributed by atoms with van der Waals surface area (Å²) in [7, 11) is 0. The second-order valence-electron chi connectivity index (χ2n) is 6.72. The highest BCUT2D eigenvalue weighted by atomic mass is 15.4. The van der Waals surface area contributed by atoms with Crippen LogP contribution < -0.4 is 5.32 Å². The molecule has 5 nitrogen and oxygen atoms in total. The Hall–Kier alpha value is -0.940. The van der Waals surface area contributed by atoms with Crippen LogP contribution in [-0.2, 0) is 13.1 Å². The molecule has 1 aromatic rings. The summed E-state index contributed by atoms with van der Waals surface area (Å²) >= 11 is 0. The van der Waals surface area contributed by atoms with Crippen LogP contribution in [0, 0.1) is 11.8 Å². The standard InChI is InChI=1S/C15H27N5/c1-12(2)13-5-6-19(10-13)7-8-20-11-15(17-18-20)9-16-14-3-4-14/h11-14,16H,3-10H2,1-2H3. The highest BCUT2D eigenvalue weighted by Gasteiger charge is 2.24. The predicted octanol–water partition coefficient (Wildman–Crippen LogP) is 1.51. The quantitative estimate of drug-likeness (QED) is 0.820. The van der Waals surface area contributed by atoms with Crippen molar-refractivity contribution in [2.45, 2.75) is 52.2 Å². The van der Waals surface area contributed by atoms with Gasteiger partial charge in [0.15, 0.2) is 0 Å². The van der Waals surface area contributed by atoms with E-state index in [0.29, 0.717) is 0 Å². The molecule has 2 aliphatic rings. The van der Waals surface area contributed by atoms with Gasteiger partial charge in [0.1, 0.15) is 0 Å². The van der Waals surface area contributed by atoms with E-state index in [1.54, 1.807) is 0 Å². The SMILES string of the molecule is CC(C)C1CCN(CCn2cc(CNC3CC3)nn2)C1. The Balaban J connectivity index is 1.39. The summed E-state index contributed by atoms with van der Waals surface area (Å²) in [5.41, 5.74) is 1.07. The third-order valence-corrected chi connectivity index (χ3v) is 4.63. The first kappa shape index (κ1) is 14.0. The van der Waals surface area contributed by atoms with Crippen LogP contribution in [-0.4, -0.2) is 45.6 Å². The van der Waals surface area contributed by atoms with Crippen LogP contribution in [0.4, 0.5) is 0 Å². The monoisotopic (exact) mass is 277 g/mol. The van der Waals surface area contributed by atoms with Gasteiger partial charge in [0.25, 0.3) is 0 Å². The van der Waals surface area contributed by atoms with E-state index in [9.17, 15) is 0 Å². The fourth-order valence-corrected chi connectivity index (χ4v) is 2.92. The Bertz CT molecular complexity index is 424. The molecule has 1 unspecified atom stereocenters. The van der Waals surface area contributed by atoms with Crippen molar-refractivity contribution < 1.29 is 0 Å². The van der Waals surface area contributed by atoms with E-state index in [0.717, 1.165) is 43.2 Å². The van der Waals surface area contributed by atoms with Crippen molar-refractivity contribution in [2.24, 2.45) is 11.8 Å². The highest BCUT2D eigenvalue weighted by molar-refractivity contribution is 4.94. The van der Waals surface area contributed by atoms with Crippen molar-refractivity contribution >= 4 is 0 Å². The minimum Gasteiger partial charge on any atom is -0.308 e. The first-order valence-corrected chi connectivity index (χ1v) is 8.05. The van der Waals surface area contributed by atoms with E-state index in [4.69, 9.17) is 0 Å². The third kappa shape index (κ3) is 3.79. The number of rotatable bonds is 7. The molecule has 3 rings (SSSR count). The molecule has 0 spiro atoms. The maximum atomic E-state index is 4.24.